The smallest absolute Gasteiger partial charge is 0.348 e. The summed E-state index contributed by atoms with van der Waals surface area (Å²) in [6.45, 7) is 5.55. The Morgan fingerprint density at radius 3 is 2.85 bits per heavy atom. The van der Waals surface area contributed by atoms with Crippen LogP contribution in [0.1, 0.15) is 23.5 Å². The second-order valence-corrected chi connectivity index (χ2v) is 6.10. The van der Waals surface area contributed by atoms with Crippen LogP contribution in [0.2, 0.25) is 0 Å². The second kappa shape index (κ2) is 6.72. The van der Waals surface area contributed by atoms with Crippen LogP contribution in [0.4, 0.5) is 5.69 Å². The highest BCUT2D eigenvalue weighted by atomic mass is 32.1. The van der Waals surface area contributed by atoms with Gasteiger partial charge in [0.1, 0.15) is 11.5 Å². The van der Waals surface area contributed by atoms with Gasteiger partial charge in [0.25, 0.3) is 0 Å². The average molecular weight is 293 g/mol. The molecule has 0 saturated carbocycles. The van der Waals surface area contributed by atoms with Crippen molar-refractivity contribution in [2.75, 3.05) is 25.6 Å². The minimum absolute atomic E-state index is 0.280. The summed E-state index contributed by atoms with van der Waals surface area (Å²) in [5.74, 6) is 0.177. The summed E-state index contributed by atoms with van der Waals surface area (Å²) in [5.41, 5.74) is 6.41. The van der Waals surface area contributed by atoms with E-state index in [-0.39, 0.29) is 12.6 Å². The molecular formula is C15H19NO3S. The van der Waals surface area contributed by atoms with Crippen LogP contribution in [-0.4, -0.2) is 25.8 Å². The van der Waals surface area contributed by atoms with Gasteiger partial charge in [-0.2, -0.15) is 0 Å². The van der Waals surface area contributed by atoms with Crippen LogP contribution >= 0.6 is 11.3 Å². The van der Waals surface area contributed by atoms with Gasteiger partial charge in [-0.25, -0.2) is 4.79 Å². The number of hydrogen-bond donors (Lipinski definition) is 1. The summed E-state index contributed by atoms with van der Waals surface area (Å²) in [6.07, 6.45) is 0. The Labute approximate surface area is 122 Å². The first-order valence-corrected chi connectivity index (χ1v) is 7.42. The van der Waals surface area contributed by atoms with E-state index in [1.165, 1.54) is 11.3 Å². The van der Waals surface area contributed by atoms with Gasteiger partial charge in [-0.1, -0.05) is 13.8 Å². The third kappa shape index (κ3) is 3.95. The zero-order valence-corrected chi connectivity index (χ0v) is 12.5. The number of nitrogens with two attached hydrogens (primary N) is 1. The molecule has 5 heteroatoms. The van der Waals surface area contributed by atoms with Gasteiger partial charge >= 0.3 is 5.97 Å². The molecule has 0 amide bonds. The maximum Gasteiger partial charge on any atom is 0.348 e. The van der Waals surface area contributed by atoms with Crippen LogP contribution in [0, 0.1) is 5.92 Å². The molecule has 2 aromatic rings. The van der Waals surface area contributed by atoms with Gasteiger partial charge in [-0.3, -0.25) is 0 Å². The van der Waals surface area contributed by atoms with E-state index in [0.717, 1.165) is 10.1 Å². The standard InChI is InChI=1S/C15H19NO3S/c1-10(2)9-18-5-6-19-15(17)14-8-11-7-12(16)3-4-13(11)20-14/h3-4,7-8,10H,5-6,9,16H2,1-2H3. The van der Waals surface area contributed by atoms with Crippen LogP contribution in [0.25, 0.3) is 10.1 Å². The molecule has 0 aliphatic rings. The van der Waals surface area contributed by atoms with Crippen LogP contribution in [0.5, 0.6) is 0 Å². The first kappa shape index (κ1) is 14.8. The minimum atomic E-state index is -0.307. The van der Waals surface area contributed by atoms with E-state index >= 15 is 0 Å². The van der Waals surface area contributed by atoms with E-state index in [0.29, 0.717) is 29.7 Å². The van der Waals surface area contributed by atoms with Crippen LogP contribution in [-0.2, 0) is 9.47 Å². The van der Waals surface area contributed by atoms with Crippen LogP contribution in [0.3, 0.4) is 0 Å². The van der Waals surface area contributed by atoms with Gasteiger partial charge in [0, 0.05) is 17.0 Å². The quantitative estimate of drug-likeness (QED) is 0.504. The largest absolute Gasteiger partial charge is 0.459 e. The zero-order valence-electron chi connectivity index (χ0n) is 11.7. The molecule has 2 rings (SSSR count). The lowest BCUT2D eigenvalue weighted by atomic mass is 10.2. The molecule has 0 radical (unpaired) electrons. The Morgan fingerprint density at radius 1 is 1.30 bits per heavy atom. The molecule has 108 valence electrons. The fraction of sp³-hybridized carbons (Fsp3) is 0.400. The summed E-state index contributed by atoms with van der Waals surface area (Å²) in [5, 5.41) is 0.970. The van der Waals surface area contributed by atoms with Crippen molar-refractivity contribution < 1.29 is 14.3 Å². The number of carbonyl (C=O) groups is 1. The van der Waals surface area contributed by atoms with E-state index in [1.807, 2.05) is 24.3 Å². The lowest BCUT2D eigenvalue weighted by Crippen LogP contribution is -2.11. The lowest BCUT2D eigenvalue weighted by Gasteiger charge is -2.06. The molecule has 0 aliphatic carbocycles. The molecule has 2 N–H and O–H groups in total. The fourth-order valence-electron chi connectivity index (χ4n) is 1.75. The van der Waals surface area contributed by atoms with Crippen molar-refractivity contribution in [1.29, 1.82) is 0 Å². The summed E-state index contributed by atoms with van der Waals surface area (Å²) < 4.78 is 11.6. The van der Waals surface area contributed by atoms with Crippen molar-refractivity contribution in [2.24, 2.45) is 5.92 Å². The van der Waals surface area contributed by atoms with Crippen molar-refractivity contribution in [1.82, 2.24) is 0 Å². The molecule has 1 aromatic carbocycles. The third-order valence-electron chi connectivity index (χ3n) is 2.65. The number of carbonyl (C=O) groups excluding carboxylic acids is 1. The highest BCUT2D eigenvalue weighted by Gasteiger charge is 2.11. The van der Waals surface area contributed by atoms with E-state index in [9.17, 15) is 4.79 Å². The van der Waals surface area contributed by atoms with Gasteiger partial charge in [0.15, 0.2) is 0 Å². The summed E-state index contributed by atoms with van der Waals surface area (Å²) in [4.78, 5) is 12.5. The fourth-order valence-corrected chi connectivity index (χ4v) is 2.68. The maximum absolute atomic E-state index is 11.9. The van der Waals surface area contributed by atoms with E-state index in [4.69, 9.17) is 15.2 Å². The van der Waals surface area contributed by atoms with Crippen molar-refractivity contribution in [2.45, 2.75) is 13.8 Å². The monoisotopic (exact) mass is 293 g/mol. The van der Waals surface area contributed by atoms with E-state index in [2.05, 4.69) is 13.8 Å². The normalized spacial score (nSPS) is 11.2. The molecule has 0 unspecified atom stereocenters. The number of esters is 1. The average Bonchev–Trinajstić information content (AvgIpc) is 2.80. The zero-order chi connectivity index (χ0) is 14.5. The molecule has 0 aliphatic heterocycles. The maximum atomic E-state index is 11.9. The Hall–Kier alpha value is -1.59. The first-order chi connectivity index (χ1) is 9.56. The topological polar surface area (TPSA) is 61.5 Å². The van der Waals surface area contributed by atoms with Gasteiger partial charge in [0.2, 0.25) is 0 Å². The van der Waals surface area contributed by atoms with Crippen LogP contribution < -0.4 is 5.73 Å². The molecule has 4 nitrogen and oxygen atoms in total. The first-order valence-electron chi connectivity index (χ1n) is 6.60. The summed E-state index contributed by atoms with van der Waals surface area (Å²) >= 11 is 1.41. The molecule has 1 aromatic heterocycles. The molecule has 0 fully saturated rings. The highest BCUT2D eigenvalue weighted by Crippen LogP contribution is 2.27. The number of hydrogen-bond acceptors (Lipinski definition) is 5. The Bertz CT molecular complexity index is 592. The molecular weight excluding hydrogens is 274 g/mol. The van der Waals surface area contributed by atoms with Crippen molar-refractivity contribution in [3.63, 3.8) is 0 Å². The number of fused-ring (bicyclic) bond motifs is 1. The molecule has 1 heterocycles. The van der Waals surface area contributed by atoms with Gasteiger partial charge < -0.3 is 15.2 Å². The van der Waals surface area contributed by atoms with Crippen molar-refractivity contribution in [3.8, 4) is 0 Å². The molecule has 0 saturated heterocycles. The van der Waals surface area contributed by atoms with Gasteiger partial charge in [-0.15, -0.1) is 11.3 Å². The number of thiophene rings is 1. The molecule has 0 atom stereocenters. The van der Waals surface area contributed by atoms with Crippen molar-refractivity contribution in [3.05, 3.63) is 29.1 Å². The number of nitrogen functional groups attached to an aromatic ring is 1. The Morgan fingerprint density at radius 2 is 2.10 bits per heavy atom. The molecule has 0 spiro atoms. The van der Waals surface area contributed by atoms with Crippen LogP contribution in [0.15, 0.2) is 24.3 Å². The Kier molecular flexibility index (Phi) is 4.98. The summed E-state index contributed by atoms with van der Waals surface area (Å²) in [7, 11) is 0. The van der Waals surface area contributed by atoms with Gasteiger partial charge in [-0.05, 0) is 35.6 Å². The minimum Gasteiger partial charge on any atom is -0.459 e. The molecule has 0 bridgehead atoms. The predicted molar refractivity (Wildman–Crippen MR) is 82.2 cm³/mol. The number of anilines is 1. The van der Waals surface area contributed by atoms with E-state index in [1.54, 1.807) is 0 Å². The number of ether oxygens (including phenoxy) is 2. The van der Waals surface area contributed by atoms with Gasteiger partial charge in [0.05, 0.1) is 6.61 Å². The predicted octanol–water partition coefficient (Wildman–Crippen LogP) is 3.31. The second-order valence-electron chi connectivity index (χ2n) is 5.01. The summed E-state index contributed by atoms with van der Waals surface area (Å²) in [6, 6.07) is 7.41. The third-order valence-corrected chi connectivity index (χ3v) is 3.75. The Balaban J connectivity index is 1.88. The SMILES string of the molecule is CC(C)COCCOC(=O)c1cc2cc(N)ccc2s1. The van der Waals surface area contributed by atoms with Crippen molar-refractivity contribution >= 4 is 33.1 Å². The molecule has 20 heavy (non-hydrogen) atoms. The number of rotatable bonds is 6. The number of benzene rings is 1. The lowest BCUT2D eigenvalue weighted by molar-refractivity contribution is 0.0282. The van der Waals surface area contributed by atoms with E-state index < -0.39 is 0 Å². The highest BCUT2D eigenvalue weighted by molar-refractivity contribution is 7.20.